The first-order valence-electron chi connectivity index (χ1n) is 5.91. The van der Waals surface area contributed by atoms with Crippen molar-refractivity contribution in [1.82, 2.24) is 10.3 Å². The quantitative estimate of drug-likeness (QED) is 0.622. The second-order valence-corrected chi connectivity index (χ2v) is 4.14. The molecule has 2 rings (SSSR count). The molecule has 0 unspecified atom stereocenters. The molecule has 1 N–H and O–H groups in total. The van der Waals surface area contributed by atoms with Gasteiger partial charge in [0.15, 0.2) is 5.52 Å². The van der Waals surface area contributed by atoms with Crippen LogP contribution in [0.3, 0.4) is 0 Å². The minimum Gasteiger partial charge on any atom is -0.480 e. The van der Waals surface area contributed by atoms with E-state index in [0.717, 1.165) is 6.42 Å². The van der Waals surface area contributed by atoms with Gasteiger partial charge in [0.1, 0.15) is 6.54 Å². The normalized spacial score (nSPS) is 10.7. The number of carboxylic acids is 1. The third-order valence-electron chi connectivity index (χ3n) is 2.73. The van der Waals surface area contributed by atoms with Crippen LogP contribution < -0.4 is 4.90 Å². The molecule has 0 aliphatic carbocycles. The Labute approximate surface area is 112 Å². The summed E-state index contributed by atoms with van der Waals surface area (Å²) < 4.78 is 4.55. The second-order valence-electron chi connectivity index (χ2n) is 4.14. The molecule has 106 valence electrons. The van der Waals surface area contributed by atoms with E-state index in [4.69, 9.17) is 5.11 Å². The van der Waals surface area contributed by atoms with Crippen molar-refractivity contribution < 1.29 is 19.5 Å². The van der Waals surface area contributed by atoms with Gasteiger partial charge in [-0.3, -0.25) is 14.9 Å². The first kappa shape index (κ1) is 13.7. The number of rotatable bonds is 6. The van der Waals surface area contributed by atoms with E-state index in [9.17, 15) is 14.9 Å². The Morgan fingerprint density at radius 1 is 1.45 bits per heavy atom. The number of anilines is 1. The van der Waals surface area contributed by atoms with E-state index in [0.29, 0.717) is 12.2 Å². The Kier molecular flexibility index (Phi) is 3.78. The average molecular weight is 280 g/mol. The predicted molar refractivity (Wildman–Crippen MR) is 68.6 cm³/mol. The molecule has 0 fully saturated rings. The van der Waals surface area contributed by atoms with Crippen molar-refractivity contribution in [2.45, 2.75) is 13.3 Å². The first-order chi connectivity index (χ1) is 9.54. The highest BCUT2D eigenvalue weighted by Gasteiger charge is 2.23. The van der Waals surface area contributed by atoms with Crippen molar-refractivity contribution in [3.63, 3.8) is 0 Å². The number of non-ortho nitro benzene ring substituents is 1. The number of hydrogen-bond acceptors (Lipinski definition) is 7. The molecule has 0 aliphatic heterocycles. The number of aromatic nitrogens is 2. The van der Waals surface area contributed by atoms with Gasteiger partial charge in [0.2, 0.25) is 5.52 Å². The molecular weight excluding hydrogens is 268 g/mol. The van der Waals surface area contributed by atoms with Crippen molar-refractivity contribution >= 4 is 28.4 Å². The van der Waals surface area contributed by atoms with E-state index in [-0.39, 0.29) is 23.3 Å². The number of aliphatic carboxylic acids is 1. The lowest BCUT2D eigenvalue weighted by molar-refractivity contribution is -0.383. The van der Waals surface area contributed by atoms with Crippen LogP contribution in [0.4, 0.5) is 11.4 Å². The summed E-state index contributed by atoms with van der Waals surface area (Å²) in [5, 5.41) is 27.0. The summed E-state index contributed by atoms with van der Waals surface area (Å²) in [6, 6.07) is 2.73. The number of nitro benzene ring substituents is 1. The molecule has 1 aromatic heterocycles. The number of benzene rings is 1. The fourth-order valence-corrected chi connectivity index (χ4v) is 1.96. The summed E-state index contributed by atoms with van der Waals surface area (Å²) in [7, 11) is 0. The molecule has 20 heavy (non-hydrogen) atoms. The van der Waals surface area contributed by atoms with Gasteiger partial charge in [0.25, 0.3) is 0 Å². The van der Waals surface area contributed by atoms with Gasteiger partial charge < -0.3 is 10.0 Å². The lowest BCUT2D eigenvalue weighted by Crippen LogP contribution is -2.30. The zero-order valence-electron chi connectivity index (χ0n) is 10.6. The molecule has 0 atom stereocenters. The lowest BCUT2D eigenvalue weighted by Gasteiger charge is -2.21. The fourth-order valence-electron chi connectivity index (χ4n) is 1.96. The van der Waals surface area contributed by atoms with Crippen LogP contribution in [0.2, 0.25) is 0 Å². The summed E-state index contributed by atoms with van der Waals surface area (Å²) >= 11 is 0. The second kappa shape index (κ2) is 5.51. The lowest BCUT2D eigenvalue weighted by atomic mass is 10.2. The maximum Gasteiger partial charge on any atom is 0.323 e. The van der Waals surface area contributed by atoms with Gasteiger partial charge in [0.05, 0.1) is 10.6 Å². The number of carbonyl (C=O) groups is 1. The van der Waals surface area contributed by atoms with Crippen molar-refractivity contribution in [3.05, 3.63) is 22.2 Å². The van der Waals surface area contributed by atoms with Gasteiger partial charge in [-0.05, 0) is 22.8 Å². The van der Waals surface area contributed by atoms with Crippen molar-refractivity contribution in [2.75, 3.05) is 18.0 Å². The molecule has 2 aromatic rings. The third kappa shape index (κ3) is 2.51. The number of fused-ring (bicyclic) bond motifs is 1. The Morgan fingerprint density at radius 2 is 2.15 bits per heavy atom. The molecule has 0 spiro atoms. The van der Waals surface area contributed by atoms with Crippen LogP contribution in [0.25, 0.3) is 11.0 Å². The highest BCUT2D eigenvalue weighted by atomic mass is 16.6. The number of carboxylic acid groups (broad SMARTS) is 1. The minimum atomic E-state index is -0.999. The molecule has 1 heterocycles. The standard InChI is InChI=1S/C11H12N4O5/c1-2-5-14(6-9(16)17)7-3-4-8(15(18)19)11-10(7)12-20-13-11/h3-4H,2,5-6H2,1H3,(H,16,17). The van der Waals surface area contributed by atoms with Crippen LogP contribution in [-0.4, -0.2) is 39.4 Å². The zero-order valence-corrected chi connectivity index (χ0v) is 10.6. The van der Waals surface area contributed by atoms with E-state index in [2.05, 4.69) is 14.9 Å². The van der Waals surface area contributed by atoms with E-state index in [1.54, 1.807) is 4.90 Å². The molecule has 0 bridgehead atoms. The number of hydrogen-bond donors (Lipinski definition) is 1. The van der Waals surface area contributed by atoms with E-state index in [1.807, 2.05) is 6.92 Å². The van der Waals surface area contributed by atoms with Crippen molar-refractivity contribution in [2.24, 2.45) is 0 Å². The largest absolute Gasteiger partial charge is 0.480 e. The van der Waals surface area contributed by atoms with Gasteiger partial charge in [-0.25, -0.2) is 4.63 Å². The SMILES string of the molecule is CCCN(CC(=O)O)c1ccc([N+](=O)[O-])c2nonc12. The van der Waals surface area contributed by atoms with Crippen LogP contribution in [0.15, 0.2) is 16.8 Å². The molecule has 0 radical (unpaired) electrons. The molecular formula is C11H12N4O5. The molecule has 1 aromatic carbocycles. The predicted octanol–water partition coefficient (Wildman–Crippen LogP) is 1.43. The van der Waals surface area contributed by atoms with Gasteiger partial charge in [-0.2, -0.15) is 0 Å². The van der Waals surface area contributed by atoms with Gasteiger partial charge in [-0.1, -0.05) is 6.92 Å². The Morgan fingerprint density at radius 3 is 2.75 bits per heavy atom. The first-order valence-corrected chi connectivity index (χ1v) is 5.91. The fraction of sp³-hybridized carbons (Fsp3) is 0.364. The summed E-state index contributed by atoms with van der Waals surface area (Å²) in [4.78, 5) is 22.8. The summed E-state index contributed by atoms with van der Waals surface area (Å²) in [5.41, 5.74) is 0.431. The molecule has 9 heteroatoms. The van der Waals surface area contributed by atoms with Crippen LogP contribution in [0, 0.1) is 10.1 Å². The maximum atomic E-state index is 10.9. The van der Waals surface area contributed by atoms with Crippen LogP contribution in [0.5, 0.6) is 0 Å². The van der Waals surface area contributed by atoms with Crippen LogP contribution >= 0.6 is 0 Å². The van der Waals surface area contributed by atoms with Gasteiger partial charge >= 0.3 is 11.7 Å². The monoisotopic (exact) mass is 280 g/mol. The number of nitrogens with zero attached hydrogens (tertiary/aromatic N) is 4. The molecule has 0 amide bonds. The molecule has 0 aliphatic rings. The van der Waals surface area contributed by atoms with Crippen molar-refractivity contribution in [1.29, 1.82) is 0 Å². The van der Waals surface area contributed by atoms with Crippen LogP contribution in [-0.2, 0) is 4.79 Å². The van der Waals surface area contributed by atoms with Gasteiger partial charge in [0, 0.05) is 12.6 Å². The van der Waals surface area contributed by atoms with Crippen molar-refractivity contribution in [3.8, 4) is 0 Å². The summed E-state index contributed by atoms with van der Waals surface area (Å²) in [5.74, 6) is -0.999. The zero-order chi connectivity index (χ0) is 14.7. The minimum absolute atomic E-state index is 0.0130. The average Bonchev–Trinajstić information content (AvgIpc) is 2.85. The smallest absolute Gasteiger partial charge is 0.323 e. The maximum absolute atomic E-state index is 10.9. The van der Waals surface area contributed by atoms with Crippen LogP contribution in [0.1, 0.15) is 13.3 Å². The highest BCUT2D eigenvalue weighted by Crippen LogP contribution is 2.31. The van der Waals surface area contributed by atoms with E-state index in [1.165, 1.54) is 12.1 Å². The Bertz CT molecular complexity index is 653. The van der Waals surface area contributed by atoms with E-state index < -0.39 is 10.9 Å². The molecule has 0 saturated heterocycles. The Hall–Kier alpha value is -2.71. The Balaban J connectivity index is 2.53. The van der Waals surface area contributed by atoms with Gasteiger partial charge in [-0.15, -0.1) is 0 Å². The number of nitro groups is 1. The highest BCUT2D eigenvalue weighted by molar-refractivity contribution is 5.94. The summed E-state index contributed by atoms with van der Waals surface area (Å²) in [6.07, 6.45) is 0.719. The summed E-state index contributed by atoms with van der Waals surface area (Å²) in [6.45, 7) is 2.15. The topological polar surface area (TPSA) is 123 Å². The molecule has 9 nitrogen and oxygen atoms in total. The van der Waals surface area contributed by atoms with E-state index >= 15 is 0 Å². The molecule has 0 saturated carbocycles. The third-order valence-corrected chi connectivity index (χ3v) is 2.73.